The number of anilines is 1. The minimum absolute atomic E-state index is 0.616. The van der Waals surface area contributed by atoms with Gasteiger partial charge in [-0.3, -0.25) is 0 Å². The standard InChI is InChI=1S/C11H18N4/c1-15(2)11-10(7-13-8-14-11)9-3-5-12-6-4-9/h7-9,12H,3-6H2,1-2H3. The van der Waals surface area contributed by atoms with Crippen molar-refractivity contribution in [3.8, 4) is 0 Å². The Hall–Kier alpha value is -1.16. The van der Waals surface area contributed by atoms with Crippen LogP contribution in [0.3, 0.4) is 0 Å². The maximum absolute atomic E-state index is 4.35. The SMILES string of the molecule is CN(C)c1ncncc1C1CCNCC1. The first-order chi connectivity index (χ1) is 7.29. The van der Waals surface area contributed by atoms with Crippen molar-refractivity contribution < 1.29 is 0 Å². The van der Waals surface area contributed by atoms with Crippen LogP contribution in [0, 0.1) is 0 Å². The van der Waals surface area contributed by atoms with Gasteiger partial charge in [-0.25, -0.2) is 9.97 Å². The molecule has 0 saturated carbocycles. The maximum Gasteiger partial charge on any atom is 0.134 e. The first-order valence-corrected chi connectivity index (χ1v) is 5.47. The second-order valence-corrected chi connectivity index (χ2v) is 4.22. The van der Waals surface area contributed by atoms with Gasteiger partial charge in [0.05, 0.1) is 0 Å². The molecule has 15 heavy (non-hydrogen) atoms. The summed E-state index contributed by atoms with van der Waals surface area (Å²) in [5.41, 5.74) is 1.30. The van der Waals surface area contributed by atoms with E-state index in [1.807, 2.05) is 20.3 Å². The van der Waals surface area contributed by atoms with E-state index < -0.39 is 0 Å². The van der Waals surface area contributed by atoms with Gasteiger partial charge < -0.3 is 10.2 Å². The minimum Gasteiger partial charge on any atom is -0.362 e. The Labute approximate surface area is 90.7 Å². The number of aromatic nitrogens is 2. The molecule has 0 aliphatic carbocycles. The van der Waals surface area contributed by atoms with Gasteiger partial charge in [-0.2, -0.15) is 0 Å². The molecule has 82 valence electrons. The van der Waals surface area contributed by atoms with E-state index in [9.17, 15) is 0 Å². The lowest BCUT2D eigenvalue weighted by Crippen LogP contribution is -2.28. The summed E-state index contributed by atoms with van der Waals surface area (Å²) in [6.45, 7) is 2.21. The van der Waals surface area contributed by atoms with Gasteiger partial charge in [0.15, 0.2) is 0 Å². The summed E-state index contributed by atoms with van der Waals surface area (Å²) in [4.78, 5) is 10.6. The summed E-state index contributed by atoms with van der Waals surface area (Å²) in [7, 11) is 4.07. The lowest BCUT2D eigenvalue weighted by atomic mass is 9.91. The highest BCUT2D eigenvalue weighted by Crippen LogP contribution is 2.29. The van der Waals surface area contributed by atoms with Gasteiger partial charge in [0.2, 0.25) is 0 Å². The molecule has 1 fully saturated rings. The highest BCUT2D eigenvalue weighted by atomic mass is 15.1. The third-order valence-electron chi connectivity index (χ3n) is 2.92. The maximum atomic E-state index is 4.35. The summed E-state index contributed by atoms with van der Waals surface area (Å²) in [6, 6.07) is 0. The molecule has 1 aromatic heterocycles. The van der Waals surface area contributed by atoms with Crippen molar-refractivity contribution in [1.82, 2.24) is 15.3 Å². The Morgan fingerprint density at radius 3 is 2.73 bits per heavy atom. The summed E-state index contributed by atoms with van der Waals surface area (Å²) >= 11 is 0. The largest absolute Gasteiger partial charge is 0.362 e. The van der Waals surface area contributed by atoms with Crippen LogP contribution < -0.4 is 10.2 Å². The van der Waals surface area contributed by atoms with Gasteiger partial charge >= 0.3 is 0 Å². The Morgan fingerprint density at radius 1 is 1.33 bits per heavy atom. The van der Waals surface area contributed by atoms with E-state index in [1.165, 1.54) is 18.4 Å². The predicted octanol–water partition coefficient (Wildman–Crippen LogP) is 1.01. The second kappa shape index (κ2) is 4.57. The highest BCUT2D eigenvalue weighted by Gasteiger charge is 2.19. The second-order valence-electron chi connectivity index (χ2n) is 4.22. The van der Waals surface area contributed by atoms with Crippen molar-refractivity contribution >= 4 is 5.82 Å². The molecule has 0 spiro atoms. The molecule has 4 nitrogen and oxygen atoms in total. The molecule has 1 aliphatic heterocycles. The number of hydrogen-bond donors (Lipinski definition) is 1. The van der Waals surface area contributed by atoms with Crippen molar-refractivity contribution in [2.45, 2.75) is 18.8 Å². The van der Waals surface area contributed by atoms with E-state index >= 15 is 0 Å². The zero-order chi connectivity index (χ0) is 10.7. The van der Waals surface area contributed by atoms with Gasteiger partial charge in [-0.1, -0.05) is 0 Å². The Morgan fingerprint density at radius 2 is 2.07 bits per heavy atom. The minimum atomic E-state index is 0.616. The summed E-state index contributed by atoms with van der Waals surface area (Å²) < 4.78 is 0. The van der Waals surface area contributed by atoms with E-state index in [4.69, 9.17) is 0 Å². The van der Waals surface area contributed by atoms with E-state index in [-0.39, 0.29) is 0 Å². The van der Waals surface area contributed by atoms with Crippen LogP contribution in [0.1, 0.15) is 24.3 Å². The normalized spacial score (nSPS) is 17.7. The number of nitrogens with one attached hydrogen (secondary N) is 1. The quantitative estimate of drug-likeness (QED) is 0.784. The van der Waals surface area contributed by atoms with Crippen LogP contribution in [-0.2, 0) is 0 Å². The third kappa shape index (κ3) is 2.26. The highest BCUT2D eigenvalue weighted by molar-refractivity contribution is 5.46. The Balaban J connectivity index is 2.25. The fourth-order valence-corrected chi connectivity index (χ4v) is 2.13. The molecular weight excluding hydrogens is 188 g/mol. The molecule has 0 aromatic carbocycles. The molecule has 1 aromatic rings. The molecule has 1 N–H and O–H groups in total. The summed E-state index contributed by atoms with van der Waals surface area (Å²) in [6.07, 6.45) is 5.97. The average molecular weight is 206 g/mol. The average Bonchev–Trinajstić information content (AvgIpc) is 2.30. The van der Waals surface area contributed by atoms with E-state index in [1.54, 1.807) is 6.33 Å². The first kappa shape index (κ1) is 10.4. The van der Waals surface area contributed by atoms with Gasteiger partial charge in [0, 0.05) is 25.9 Å². The molecule has 0 atom stereocenters. The molecule has 0 unspecified atom stereocenters. The van der Waals surface area contributed by atoms with Crippen LogP contribution in [0.5, 0.6) is 0 Å². The number of rotatable bonds is 2. The fraction of sp³-hybridized carbons (Fsp3) is 0.636. The molecule has 0 bridgehead atoms. The molecular formula is C11H18N4. The van der Waals surface area contributed by atoms with Crippen molar-refractivity contribution in [1.29, 1.82) is 0 Å². The van der Waals surface area contributed by atoms with E-state index in [2.05, 4.69) is 20.2 Å². The smallest absolute Gasteiger partial charge is 0.134 e. The lowest BCUT2D eigenvalue weighted by Gasteiger charge is -2.25. The molecule has 1 aliphatic rings. The molecule has 1 saturated heterocycles. The third-order valence-corrected chi connectivity index (χ3v) is 2.92. The van der Waals surface area contributed by atoms with Crippen LogP contribution in [0.15, 0.2) is 12.5 Å². The number of piperidine rings is 1. The van der Waals surface area contributed by atoms with Crippen molar-refractivity contribution in [2.75, 3.05) is 32.1 Å². The van der Waals surface area contributed by atoms with E-state index in [0.29, 0.717) is 5.92 Å². The molecule has 0 amide bonds. The Kier molecular flexibility index (Phi) is 3.16. The zero-order valence-electron chi connectivity index (χ0n) is 9.40. The first-order valence-electron chi connectivity index (χ1n) is 5.47. The van der Waals surface area contributed by atoms with Gasteiger partial charge in [0.25, 0.3) is 0 Å². The predicted molar refractivity (Wildman–Crippen MR) is 61.2 cm³/mol. The van der Waals surface area contributed by atoms with Crippen molar-refractivity contribution in [3.05, 3.63) is 18.1 Å². The number of nitrogens with zero attached hydrogens (tertiary/aromatic N) is 3. The molecule has 2 heterocycles. The van der Waals surface area contributed by atoms with Crippen LogP contribution in [0.25, 0.3) is 0 Å². The van der Waals surface area contributed by atoms with Crippen molar-refractivity contribution in [2.24, 2.45) is 0 Å². The zero-order valence-corrected chi connectivity index (χ0v) is 9.40. The topological polar surface area (TPSA) is 41.1 Å². The van der Waals surface area contributed by atoms with Crippen LogP contribution >= 0.6 is 0 Å². The Bertz CT molecular complexity index is 318. The molecule has 0 radical (unpaired) electrons. The number of hydrogen-bond acceptors (Lipinski definition) is 4. The summed E-state index contributed by atoms with van der Waals surface area (Å²) in [5.74, 6) is 1.68. The van der Waals surface area contributed by atoms with E-state index in [0.717, 1.165) is 18.9 Å². The van der Waals surface area contributed by atoms with Gasteiger partial charge in [-0.15, -0.1) is 0 Å². The molecule has 4 heteroatoms. The summed E-state index contributed by atoms with van der Waals surface area (Å²) in [5, 5.41) is 3.38. The van der Waals surface area contributed by atoms with Crippen LogP contribution in [0.2, 0.25) is 0 Å². The lowest BCUT2D eigenvalue weighted by molar-refractivity contribution is 0.459. The van der Waals surface area contributed by atoms with Gasteiger partial charge in [0.1, 0.15) is 12.1 Å². The van der Waals surface area contributed by atoms with Gasteiger partial charge in [-0.05, 0) is 31.8 Å². The van der Waals surface area contributed by atoms with Crippen LogP contribution in [0.4, 0.5) is 5.82 Å². The van der Waals surface area contributed by atoms with Crippen LogP contribution in [-0.4, -0.2) is 37.2 Å². The molecule has 2 rings (SSSR count). The fourth-order valence-electron chi connectivity index (χ4n) is 2.13. The monoisotopic (exact) mass is 206 g/mol. The van der Waals surface area contributed by atoms with Crippen molar-refractivity contribution in [3.63, 3.8) is 0 Å².